The number of halogens is 2. The molecule has 21 heavy (non-hydrogen) atoms. The van der Waals surface area contributed by atoms with Crippen LogP contribution in [0.2, 0.25) is 0 Å². The highest BCUT2D eigenvalue weighted by molar-refractivity contribution is 5.21. The summed E-state index contributed by atoms with van der Waals surface area (Å²) in [4.78, 5) is 0. The van der Waals surface area contributed by atoms with Gasteiger partial charge in [0.05, 0.1) is 12.2 Å². The first-order valence-corrected chi connectivity index (χ1v) is 6.97. The minimum absolute atomic E-state index is 0.00614. The van der Waals surface area contributed by atoms with Crippen LogP contribution in [0.1, 0.15) is 37.6 Å². The maximum absolute atomic E-state index is 13.7. The molecule has 0 bridgehead atoms. The molecule has 0 unspecified atom stereocenters. The molecular weight excluding hydrogens is 272 g/mol. The minimum Gasteiger partial charge on any atom is -0.308 e. The molecule has 1 aromatic carbocycles. The summed E-state index contributed by atoms with van der Waals surface area (Å²) in [5.41, 5.74) is 1.94. The van der Waals surface area contributed by atoms with E-state index in [1.165, 1.54) is 18.2 Å². The third-order valence-electron chi connectivity index (χ3n) is 3.24. The monoisotopic (exact) mass is 293 g/mol. The van der Waals surface area contributed by atoms with Gasteiger partial charge in [0.25, 0.3) is 0 Å². The molecule has 114 valence electrons. The summed E-state index contributed by atoms with van der Waals surface area (Å²) in [6.45, 7) is 8.92. The first-order chi connectivity index (χ1) is 9.76. The Hall–Kier alpha value is -1.75. The van der Waals surface area contributed by atoms with Gasteiger partial charge in [-0.1, -0.05) is 6.07 Å². The molecule has 1 heterocycles. The Labute approximate surface area is 124 Å². The van der Waals surface area contributed by atoms with Crippen LogP contribution < -0.4 is 5.32 Å². The van der Waals surface area contributed by atoms with Crippen LogP contribution >= 0.6 is 0 Å². The Morgan fingerprint density at radius 2 is 1.81 bits per heavy atom. The van der Waals surface area contributed by atoms with Crippen molar-refractivity contribution in [2.24, 2.45) is 0 Å². The van der Waals surface area contributed by atoms with Gasteiger partial charge in [0.1, 0.15) is 11.6 Å². The zero-order valence-corrected chi connectivity index (χ0v) is 12.9. The molecule has 2 rings (SSSR count). The average Bonchev–Trinajstić information content (AvgIpc) is 2.71. The van der Waals surface area contributed by atoms with Gasteiger partial charge in [-0.25, -0.2) is 8.78 Å². The molecule has 1 N–H and O–H groups in total. The second kappa shape index (κ2) is 5.93. The quantitative estimate of drug-likeness (QED) is 0.936. The molecule has 3 nitrogen and oxygen atoms in total. The summed E-state index contributed by atoms with van der Waals surface area (Å²) >= 11 is 0. The van der Waals surface area contributed by atoms with Crippen LogP contribution in [-0.4, -0.2) is 15.3 Å². The van der Waals surface area contributed by atoms with Crippen LogP contribution in [0.4, 0.5) is 8.78 Å². The lowest BCUT2D eigenvalue weighted by Crippen LogP contribution is -2.35. The highest BCUT2D eigenvalue weighted by Crippen LogP contribution is 2.15. The van der Waals surface area contributed by atoms with Crippen LogP contribution in [-0.2, 0) is 13.1 Å². The first-order valence-electron chi connectivity index (χ1n) is 6.97. The summed E-state index contributed by atoms with van der Waals surface area (Å²) in [5, 5.41) is 7.71. The molecule has 2 aromatic rings. The molecule has 0 fully saturated rings. The fourth-order valence-corrected chi connectivity index (χ4v) is 2.02. The standard InChI is InChI=1S/C16H21F2N3/c1-11-12(8-19-16(2,3)4)9-21(20-11)10-13-14(17)6-5-7-15(13)18/h5-7,9,19H,8,10H2,1-4H3. The molecule has 0 radical (unpaired) electrons. The maximum Gasteiger partial charge on any atom is 0.131 e. The van der Waals surface area contributed by atoms with Crippen molar-refractivity contribution in [3.8, 4) is 0 Å². The molecule has 0 amide bonds. The van der Waals surface area contributed by atoms with Crippen molar-refractivity contribution in [1.29, 1.82) is 0 Å². The fraction of sp³-hybridized carbons (Fsp3) is 0.438. The Balaban J connectivity index is 2.15. The molecule has 0 saturated carbocycles. The Bertz CT molecular complexity index is 607. The van der Waals surface area contributed by atoms with Gasteiger partial charge in [0, 0.05) is 29.4 Å². The maximum atomic E-state index is 13.7. The van der Waals surface area contributed by atoms with E-state index in [0.717, 1.165) is 11.3 Å². The van der Waals surface area contributed by atoms with Crippen molar-refractivity contribution in [2.45, 2.75) is 46.3 Å². The van der Waals surface area contributed by atoms with E-state index >= 15 is 0 Å². The number of aryl methyl sites for hydroxylation is 1. The molecule has 0 aliphatic heterocycles. The molecular formula is C16H21F2N3. The molecule has 0 atom stereocenters. The van der Waals surface area contributed by atoms with Gasteiger partial charge in [-0.15, -0.1) is 0 Å². The average molecular weight is 293 g/mol. The molecule has 1 aromatic heterocycles. The van der Waals surface area contributed by atoms with Crippen molar-refractivity contribution < 1.29 is 8.78 Å². The van der Waals surface area contributed by atoms with Gasteiger partial charge in [-0.05, 0) is 39.8 Å². The Morgan fingerprint density at radius 1 is 1.19 bits per heavy atom. The summed E-state index contributed by atoms with van der Waals surface area (Å²) in [7, 11) is 0. The topological polar surface area (TPSA) is 29.9 Å². The van der Waals surface area contributed by atoms with Gasteiger partial charge < -0.3 is 5.32 Å². The van der Waals surface area contributed by atoms with Crippen LogP contribution in [0, 0.1) is 18.6 Å². The smallest absolute Gasteiger partial charge is 0.131 e. The lowest BCUT2D eigenvalue weighted by atomic mass is 10.1. The molecule has 0 spiro atoms. The largest absolute Gasteiger partial charge is 0.308 e. The Kier molecular flexibility index (Phi) is 4.42. The number of hydrogen-bond acceptors (Lipinski definition) is 2. The summed E-state index contributed by atoms with van der Waals surface area (Å²) < 4.78 is 28.9. The molecule has 0 saturated heterocycles. The number of nitrogens with zero attached hydrogens (tertiary/aromatic N) is 2. The lowest BCUT2D eigenvalue weighted by Gasteiger charge is -2.20. The molecule has 0 aliphatic carbocycles. The zero-order chi connectivity index (χ0) is 15.6. The number of hydrogen-bond donors (Lipinski definition) is 1. The first kappa shape index (κ1) is 15.6. The highest BCUT2D eigenvalue weighted by Gasteiger charge is 2.13. The number of nitrogens with one attached hydrogen (secondary N) is 1. The second-order valence-corrected chi connectivity index (χ2v) is 6.24. The van der Waals surface area contributed by atoms with E-state index in [4.69, 9.17) is 0 Å². The molecule has 5 heteroatoms. The zero-order valence-electron chi connectivity index (χ0n) is 12.9. The van der Waals surface area contributed by atoms with Gasteiger partial charge in [0.2, 0.25) is 0 Å². The predicted molar refractivity (Wildman–Crippen MR) is 79.0 cm³/mol. The van der Waals surface area contributed by atoms with Crippen LogP contribution in [0.15, 0.2) is 24.4 Å². The third kappa shape index (κ3) is 4.11. The third-order valence-corrected chi connectivity index (χ3v) is 3.24. The van der Waals surface area contributed by atoms with Crippen molar-refractivity contribution >= 4 is 0 Å². The van der Waals surface area contributed by atoms with Crippen molar-refractivity contribution in [3.63, 3.8) is 0 Å². The van der Waals surface area contributed by atoms with E-state index in [0.29, 0.717) is 6.54 Å². The van der Waals surface area contributed by atoms with Gasteiger partial charge in [-0.3, -0.25) is 4.68 Å². The van der Waals surface area contributed by atoms with Gasteiger partial charge in [-0.2, -0.15) is 5.10 Å². The minimum atomic E-state index is -0.544. The van der Waals surface area contributed by atoms with E-state index < -0.39 is 11.6 Å². The number of benzene rings is 1. The lowest BCUT2D eigenvalue weighted by molar-refractivity contribution is 0.423. The number of rotatable bonds is 4. The van der Waals surface area contributed by atoms with E-state index in [1.54, 1.807) is 4.68 Å². The molecule has 0 aliphatic rings. The van der Waals surface area contributed by atoms with Crippen molar-refractivity contribution in [1.82, 2.24) is 15.1 Å². The van der Waals surface area contributed by atoms with Crippen LogP contribution in [0.3, 0.4) is 0 Å². The second-order valence-electron chi connectivity index (χ2n) is 6.24. The van der Waals surface area contributed by atoms with Crippen LogP contribution in [0.5, 0.6) is 0 Å². The van der Waals surface area contributed by atoms with Crippen LogP contribution in [0.25, 0.3) is 0 Å². The summed E-state index contributed by atoms with van der Waals surface area (Å²) in [6, 6.07) is 3.88. The van der Waals surface area contributed by atoms with Crippen molar-refractivity contribution in [3.05, 3.63) is 52.9 Å². The fourth-order valence-electron chi connectivity index (χ4n) is 2.02. The normalized spacial score (nSPS) is 11.9. The number of aromatic nitrogens is 2. The Morgan fingerprint density at radius 3 is 2.38 bits per heavy atom. The SMILES string of the molecule is Cc1nn(Cc2c(F)cccc2F)cc1CNC(C)(C)C. The predicted octanol–water partition coefficient (Wildman–Crippen LogP) is 3.41. The van der Waals surface area contributed by atoms with Crippen molar-refractivity contribution in [2.75, 3.05) is 0 Å². The van der Waals surface area contributed by atoms with Gasteiger partial charge >= 0.3 is 0 Å². The van der Waals surface area contributed by atoms with E-state index in [-0.39, 0.29) is 17.6 Å². The van der Waals surface area contributed by atoms with E-state index in [2.05, 4.69) is 31.2 Å². The van der Waals surface area contributed by atoms with E-state index in [1.807, 2.05) is 13.1 Å². The summed E-state index contributed by atoms with van der Waals surface area (Å²) in [6.07, 6.45) is 1.83. The summed E-state index contributed by atoms with van der Waals surface area (Å²) in [5.74, 6) is -1.09. The van der Waals surface area contributed by atoms with Gasteiger partial charge in [0.15, 0.2) is 0 Å². The highest BCUT2D eigenvalue weighted by atomic mass is 19.1. The van der Waals surface area contributed by atoms with E-state index in [9.17, 15) is 8.78 Å².